The van der Waals surface area contributed by atoms with Gasteiger partial charge in [-0.1, -0.05) is 13.8 Å². The molecule has 264 valence electrons. The number of aliphatic carboxylic acids is 1. The summed E-state index contributed by atoms with van der Waals surface area (Å²) in [5.74, 6) is -4.69. The van der Waals surface area contributed by atoms with Crippen LogP contribution in [0.15, 0.2) is 0 Å². The first-order valence-electron chi connectivity index (χ1n) is 15.8. The van der Waals surface area contributed by atoms with E-state index >= 15 is 0 Å². The maximum Gasteiger partial charge on any atom is 0.328 e. The molecule has 0 spiro atoms. The van der Waals surface area contributed by atoms with Crippen LogP contribution in [0.25, 0.3) is 0 Å². The molecule has 3 fully saturated rings. The van der Waals surface area contributed by atoms with Crippen molar-refractivity contribution in [1.29, 1.82) is 10.7 Å². The third kappa shape index (κ3) is 10.0. The molecular formula is C29H44N10O9. The van der Waals surface area contributed by atoms with Gasteiger partial charge in [-0.05, 0) is 25.2 Å². The summed E-state index contributed by atoms with van der Waals surface area (Å²) in [6.07, 6.45) is 0.0710. The number of hydrogen-bond acceptors (Lipinski definition) is 11. The Kier molecular flexibility index (Phi) is 13.5. The Hall–Kier alpha value is -4.99. The number of nitriles is 1. The van der Waals surface area contributed by atoms with Gasteiger partial charge in [0, 0.05) is 39.1 Å². The van der Waals surface area contributed by atoms with Crippen molar-refractivity contribution in [2.24, 2.45) is 11.7 Å². The van der Waals surface area contributed by atoms with E-state index in [4.69, 9.17) is 21.0 Å². The predicted octanol–water partition coefficient (Wildman–Crippen LogP) is -2.60. The van der Waals surface area contributed by atoms with E-state index in [0.29, 0.717) is 6.42 Å². The van der Waals surface area contributed by atoms with Gasteiger partial charge in [-0.25, -0.2) is 14.5 Å². The standard InChI is InChI=1S/C29H44N10O9/c1-16(2)14-21(39-25(44)19(15-22(40)41)36-29(39)47)26(45)38-11-9-37(10-12-38)20(5-7-30)24(43)34-17(4-3-8-33-28(31)32)23(42)35-18-6-13-48-27(18)46/h16-21H,3-6,8-15H2,1-2H3,(H,34,43)(H,35,42)(H,36,47)(H,40,41)(H4,31,32,33)/t17-,18?,19-,20?,21?/m0/s1. The second kappa shape index (κ2) is 17.2. The van der Waals surface area contributed by atoms with Crippen LogP contribution in [0, 0.1) is 22.7 Å². The number of nitrogens with two attached hydrogens (primary N) is 1. The van der Waals surface area contributed by atoms with Gasteiger partial charge < -0.3 is 41.7 Å². The Morgan fingerprint density at radius 1 is 1.12 bits per heavy atom. The number of urea groups is 1. The number of carbonyl (C=O) groups excluding carboxylic acids is 6. The summed E-state index contributed by atoms with van der Waals surface area (Å²) < 4.78 is 4.90. The van der Waals surface area contributed by atoms with Crippen molar-refractivity contribution >= 4 is 47.6 Å². The van der Waals surface area contributed by atoms with E-state index in [2.05, 4.69) is 21.3 Å². The van der Waals surface area contributed by atoms with E-state index in [1.165, 1.54) is 4.90 Å². The lowest BCUT2D eigenvalue weighted by Crippen LogP contribution is -2.60. The van der Waals surface area contributed by atoms with Gasteiger partial charge in [0.05, 0.1) is 25.5 Å². The van der Waals surface area contributed by atoms with Gasteiger partial charge in [0.1, 0.15) is 30.2 Å². The first-order chi connectivity index (χ1) is 22.7. The average molecular weight is 677 g/mol. The lowest BCUT2D eigenvalue weighted by molar-refractivity contribution is -0.145. The van der Waals surface area contributed by atoms with Crippen molar-refractivity contribution in [3.05, 3.63) is 0 Å². The molecule has 0 aromatic heterocycles. The van der Waals surface area contributed by atoms with E-state index < -0.39 is 78.2 Å². The minimum Gasteiger partial charge on any atom is -0.481 e. The fourth-order valence-corrected chi connectivity index (χ4v) is 5.82. The SMILES string of the molecule is CC(C)CC(C(=O)N1CCN(C(CC#N)C(=O)N[C@@H](CCCNC(=N)N)C(=O)NC2CCOC2=O)CC1)N1C(=O)N[C@@H](CC(=O)O)C1=O. The maximum absolute atomic E-state index is 13.7. The minimum atomic E-state index is -1.28. The summed E-state index contributed by atoms with van der Waals surface area (Å²) >= 11 is 0. The Morgan fingerprint density at radius 2 is 1.81 bits per heavy atom. The topological polar surface area (TPSA) is 280 Å². The molecule has 0 radical (unpaired) electrons. The zero-order valence-electron chi connectivity index (χ0n) is 27.0. The molecule has 0 bridgehead atoms. The molecule has 48 heavy (non-hydrogen) atoms. The molecule has 0 saturated carbocycles. The zero-order chi connectivity index (χ0) is 35.5. The number of piperazine rings is 1. The van der Waals surface area contributed by atoms with Crippen molar-refractivity contribution < 1.29 is 43.4 Å². The van der Waals surface area contributed by atoms with Gasteiger partial charge >= 0.3 is 18.0 Å². The highest BCUT2D eigenvalue weighted by atomic mass is 16.5. The smallest absolute Gasteiger partial charge is 0.328 e. The number of cyclic esters (lactones) is 1. The number of carboxylic acid groups (broad SMARTS) is 1. The highest BCUT2D eigenvalue weighted by Crippen LogP contribution is 2.22. The van der Waals surface area contributed by atoms with Crippen molar-refractivity contribution in [3.8, 4) is 6.07 Å². The van der Waals surface area contributed by atoms with Crippen molar-refractivity contribution in [2.45, 2.75) is 82.6 Å². The number of amides is 6. The number of imide groups is 1. The van der Waals surface area contributed by atoms with Crippen LogP contribution in [0.2, 0.25) is 0 Å². The summed E-state index contributed by atoms with van der Waals surface area (Å²) in [6.45, 7) is 4.59. The summed E-state index contributed by atoms with van der Waals surface area (Å²) in [5.41, 5.74) is 5.32. The molecular weight excluding hydrogens is 632 g/mol. The van der Waals surface area contributed by atoms with Crippen LogP contribution in [0.3, 0.4) is 0 Å². The molecule has 0 aromatic rings. The second-order valence-corrected chi connectivity index (χ2v) is 12.3. The monoisotopic (exact) mass is 676 g/mol. The van der Waals surface area contributed by atoms with Crippen molar-refractivity contribution in [2.75, 3.05) is 39.3 Å². The molecule has 5 atom stereocenters. The van der Waals surface area contributed by atoms with E-state index in [1.54, 1.807) is 4.90 Å². The number of ether oxygens (including phenoxy) is 1. The number of esters is 1. The third-order valence-electron chi connectivity index (χ3n) is 8.25. The van der Waals surface area contributed by atoms with Crippen LogP contribution in [-0.2, 0) is 33.5 Å². The second-order valence-electron chi connectivity index (χ2n) is 12.3. The van der Waals surface area contributed by atoms with E-state index in [0.717, 1.165) is 4.90 Å². The summed E-state index contributed by atoms with van der Waals surface area (Å²) in [6, 6.07) is -4.18. The Labute approximate surface area is 277 Å². The summed E-state index contributed by atoms with van der Waals surface area (Å²) in [5, 5.41) is 36.2. The van der Waals surface area contributed by atoms with E-state index in [-0.39, 0.29) is 76.9 Å². The van der Waals surface area contributed by atoms with Crippen LogP contribution in [0.4, 0.5) is 4.79 Å². The highest BCUT2D eigenvalue weighted by Gasteiger charge is 2.47. The van der Waals surface area contributed by atoms with E-state index in [1.807, 2.05) is 19.9 Å². The normalized spacial score (nSPS) is 21.5. The number of carboxylic acids is 1. The molecule has 3 unspecified atom stereocenters. The van der Waals surface area contributed by atoms with Gasteiger partial charge in [-0.3, -0.25) is 34.3 Å². The first-order valence-corrected chi connectivity index (χ1v) is 15.8. The quantitative estimate of drug-likeness (QED) is 0.0291. The first kappa shape index (κ1) is 37.5. The molecule has 6 amide bonds. The Balaban J connectivity index is 1.68. The average Bonchev–Trinajstić information content (AvgIpc) is 3.55. The lowest BCUT2D eigenvalue weighted by atomic mass is 10.00. The fraction of sp³-hybridized carbons (Fsp3) is 0.690. The highest BCUT2D eigenvalue weighted by molar-refractivity contribution is 6.08. The molecule has 3 aliphatic heterocycles. The lowest BCUT2D eigenvalue weighted by Gasteiger charge is -2.40. The number of guanidine groups is 1. The molecule has 0 aliphatic carbocycles. The van der Waals surface area contributed by atoms with E-state index in [9.17, 15) is 38.8 Å². The van der Waals surface area contributed by atoms with Crippen LogP contribution in [-0.4, -0.2) is 137 Å². The molecule has 19 heteroatoms. The van der Waals surface area contributed by atoms with Gasteiger partial charge in [0.15, 0.2) is 5.96 Å². The molecule has 3 heterocycles. The van der Waals surface area contributed by atoms with Gasteiger partial charge in [0.25, 0.3) is 5.91 Å². The number of rotatable bonds is 16. The van der Waals surface area contributed by atoms with Gasteiger partial charge in [-0.2, -0.15) is 5.26 Å². The Bertz CT molecular complexity index is 1310. The predicted molar refractivity (Wildman–Crippen MR) is 165 cm³/mol. The molecule has 3 rings (SSSR count). The van der Waals surface area contributed by atoms with Crippen LogP contribution >= 0.6 is 0 Å². The third-order valence-corrected chi connectivity index (χ3v) is 8.25. The molecule has 3 saturated heterocycles. The van der Waals surface area contributed by atoms with Crippen LogP contribution < -0.4 is 27.0 Å². The molecule has 0 aromatic carbocycles. The Morgan fingerprint density at radius 3 is 2.38 bits per heavy atom. The number of nitrogens with one attached hydrogen (secondary N) is 5. The number of nitrogens with zero attached hydrogens (tertiary/aromatic N) is 4. The molecule has 8 N–H and O–H groups in total. The van der Waals surface area contributed by atoms with Crippen molar-refractivity contribution in [3.63, 3.8) is 0 Å². The number of hydrogen-bond donors (Lipinski definition) is 7. The molecule has 3 aliphatic rings. The number of carbonyl (C=O) groups is 7. The maximum atomic E-state index is 13.7. The van der Waals surface area contributed by atoms with Gasteiger partial charge in [-0.15, -0.1) is 0 Å². The minimum absolute atomic E-state index is 0.0919. The van der Waals surface area contributed by atoms with Crippen LogP contribution in [0.5, 0.6) is 0 Å². The summed E-state index contributed by atoms with van der Waals surface area (Å²) in [7, 11) is 0. The fourth-order valence-electron chi connectivity index (χ4n) is 5.82. The largest absolute Gasteiger partial charge is 0.481 e. The van der Waals surface area contributed by atoms with Crippen molar-refractivity contribution in [1.82, 2.24) is 36.0 Å². The van der Waals surface area contributed by atoms with Gasteiger partial charge in [0.2, 0.25) is 17.7 Å². The summed E-state index contributed by atoms with van der Waals surface area (Å²) in [4.78, 5) is 93.1. The molecule has 19 nitrogen and oxygen atoms in total. The zero-order valence-corrected chi connectivity index (χ0v) is 27.0. The van der Waals surface area contributed by atoms with Crippen LogP contribution in [0.1, 0.15) is 52.4 Å².